The summed E-state index contributed by atoms with van der Waals surface area (Å²) in [4.78, 5) is 20.3. The van der Waals surface area contributed by atoms with Crippen molar-refractivity contribution in [1.82, 2.24) is 9.97 Å². The molecule has 6 heteroatoms. The van der Waals surface area contributed by atoms with E-state index in [1.165, 1.54) is 11.8 Å². The zero-order chi connectivity index (χ0) is 18.4. The summed E-state index contributed by atoms with van der Waals surface area (Å²) in [7, 11) is 0. The number of hydrogen-bond donors (Lipinski definition) is 1. The van der Waals surface area contributed by atoms with E-state index < -0.39 is 0 Å². The number of pyridine rings is 1. The average molecular weight is 351 g/mol. The normalized spacial score (nSPS) is 10.5. The number of oxazole rings is 1. The van der Waals surface area contributed by atoms with E-state index in [-0.39, 0.29) is 5.97 Å². The van der Waals surface area contributed by atoms with Crippen LogP contribution in [0.5, 0.6) is 0 Å². The summed E-state index contributed by atoms with van der Waals surface area (Å²) in [6.45, 7) is 4.83. The van der Waals surface area contributed by atoms with Gasteiger partial charge in [-0.2, -0.15) is 0 Å². The summed E-state index contributed by atoms with van der Waals surface area (Å²) >= 11 is 0. The van der Waals surface area contributed by atoms with Crippen LogP contribution in [0.15, 0.2) is 53.3 Å². The predicted molar refractivity (Wildman–Crippen MR) is 99.1 cm³/mol. The van der Waals surface area contributed by atoms with Gasteiger partial charge in [-0.3, -0.25) is 0 Å². The molecule has 0 aliphatic rings. The molecule has 2 heterocycles. The average Bonchev–Trinajstić information content (AvgIpc) is 3.12. The van der Waals surface area contributed by atoms with Crippen molar-refractivity contribution in [2.24, 2.45) is 0 Å². The summed E-state index contributed by atoms with van der Waals surface area (Å²) in [6, 6.07) is 11.5. The lowest BCUT2D eigenvalue weighted by atomic mass is 10.1. The monoisotopic (exact) mass is 351 g/mol. The number of aromatic nitrogens is 2. The summed E-state index contributed by atoms with van der Waals surface area (Å²) in [5, 5.41) is 3.20. The second-order valence-electron chi connectivity index (χ2n) is 5.84. The van der Waals surface area contributed by atoms with Crippen LogP contribution in [0.4, 0.5) is 5.82 Å². The number of ether oxygens (including phenoxy) is 1. The number of esters is 1. The van der Waals surface area contributed by atoms with Gasteiger partial charge in [0.05, 0.1) is 17.9 Å². The molecule has 0 aliphatic heterocycles. The Morgan fingerprint density at radius 3 is 2.69 bits per heavy atom. The van der Waals surface area contributed by atoms with Crippen LogP contribution in [0, 0.1) is 6.92 Å². The van der Waals surface area contributed by atoms with Crippen LogP contribution in [-0.2, 0) is 11.2 Å². The van der Waals surface area contributed by atoms with Crippen LogP contribution >= 0.6 is 0 Å². The van der Waals surface area contributed by atoms with Crippen molar-refractivity contribution in [2.75, 3.05) is 18.5 Å². The minimum absolute atomic E-state index is 0.348. The number of anilines is 1. The van der Waals surface area contributed by atoms with Crippen molar-refractivity contribution in [3.63, 3.8) is 0 Å². The highest BCUT2D eigenvalue weighted by molar-refractivity contribution is 5.89. The molecular formula is C20H21N3O3. The number of nitrogens with zero attached hydrogens (tertiary/aromatic N) is 2. The molecule has 0 saturated heterocycles. The Kier molecular flexibility index (Phi) is 5.63. The Balaban J connectivity index is 1.52. The van der Waals surface area contributed by atoms with Gasteiger partial charge in [-0.15, -0.1) is 0 Å². The smallest absolute Gasteiger partial charge is 0.339 e. The van der Waals surface area contributed by atoms with Gasteiger partial charge in [0.25, 0.3) is 0 Å². The van der Waals surface area contributed by atoms with Crippen molar-refractivity contribution in [1.29, 1.82) is 0 Å². The third-order valence-electron chi connectivity index (χ3n) is 3.81. The standard InChI is InChI=1S/C20H21N3O3/c1-3-25-20(24)16-8-9-18(22-12-16)21-11-10-17-13-26-19(23-17)15-6-4-14(2)5-7-15/h4-9,12-13H,3,10-11H2,1-2H3,(H,21,22). The summed E-state index contributed by atoms with van der Waals surface area (Å²) in [5.41, 5.74) is 3.48. The van der Waals surface area contributed by atoms with Crippen molar-refractivity contribution in [3.05, 3.63) is 65.7 Å². The lowest BCUT2D eigenvalue weighted by Crippen LogP contribution is -2.08. The molecule has 1 N–H and O–H groups in total. The van der Waals surface area contributed by atoms with E-state index in [2.05, 4.69) is 15.3 Å². The Labute approximate surface area is 152 Å². The minimum atomic E-state index is -0.363. The third kappa shape index (κ3) is 4.47. The maximum Gasteiger partial charge on any atom is 0.339 e. The fraction of sp³-hybridized carbons (Fsp3) is 0.250. The number of carbonyl (C=O) groups excluding carboxylic acids is 1. The van der Waals surface area contributed by atoms with Crippen LogP contribution in [0.3, 0.4) is 0 Å². The van der Waals surface area contributed by atoms with Gasteiger partial charge in [-0.1, -0.05) is 17.7 Å². The largest absolute Gasteiger partial charge is 0.462 e. The number of benzene rings is 1. The first-order valence-electron chi connectivity index (χ1n) is 8.54. The maximum absolute atomic E-state index is 11.6. The Morgan fingerprint density at radius 2 is 2.00 bits per heavy atom. The zero-order valence-electron chi connectivity index (χ0n) is 14.9. The zero-order valence-corrected chi connectivity index (χ0v) is 14.9. The van der Waals surface area contributed by atoms with E-state index in [0.29, 0.717) is 36.8 Å². The number of nitrogens with one attached hydrogen (secondary N) is 1. The molecule has 0 unspecified atom stereocenters. The number of carbonyl (C=O) groups is 1. The molecule has 0 spiro atoms. The van der Waals surface area contributed by atoms with E-state index in [1.807, 2.05) is 31.2 Å². The summed E-state index contributed by atoms with van der Waals surface area (Å²) < 4.78 is 10.5. The van der Waals surface area contributed by atoms with Crippen molar-refractivity contribution >= 4 is 11.8 Å². The highest BCUT2D eigenvalue weighted by Crippen LogP contribution is 2.19. The van der Waals surface area contributed by atoms with Gasteiger partial charge in [0.2, 0.25) is 5.89 Å². The lowest BCUT2D eigenvalue weighted by molar-refractivity contribution is 0.0526. The van der Waals surface area contributed by atoms with Gasteiger partial charge in [0.1, 0.15) is 12.1 Å². The maximum atomic E-state index is 11.6. The molecule has 0 amide bonds. The highest BCUT2D eigenvalue weighted by atomic mass is 16.5. The van der Waals surface area contributed by atoms with Crippen LogP contribution in [0.1, 0.15) is 28.5 Å². The molecule has 134 valence electrons. The second-order valence-corrected chi connectivity index (χ2v) is 5.84. The van der Waals surface area contributed by atoms with Crippen LogP contribution in [-0.4, -0.2) is 29.1 Å². The molecule has 0 bridgehead atoms. The molecule has 3 aromatic rings. The Morgan fingerprint density at radius 1 is 1.19 bits per heavy atom. The SMILES string of the molecule is CCOC(=O)c1ccc(NCCc2coc(-c3ccc(C)cc3)n2)nc1. The molecule has 0 fully saturated rings. The molecule has 0 atom stereocenters. The van der Waals surface area contributed by atoms with Gasteiger partial charge in [0, 0.05) is 24.7 Å². The van der Waals surface area contributed by atoms with Crippen molar-refractivity contribution in [2.45, 2.75) is 20.3 Å². The number of rotatable bonds is 7. The summed E-state index contributed by atoms with van der Waals surface area (Å²) in [6.07, 6.45) is 3.89. The molecule has 3 rings (SSSR count). The Hall–Kier alpha value is -3.15. The molecule has 6 nitrogen and oxygen atoms in total. The van der Waals surface area contributed by atoms with Gasteiger partial charge in [-0.05, 0) is 38.1 Å². The minimum Gasteiger partial charge on any atom is -0.462 e. The van der Waals surface area contributed by atoms with E-state index in [9.17, 15) is 4.79 Å². The quantitative estimate of drug-likeness (QED) is 0.651. The third-order valence-corrected chi connectivity index (χ3v) is 3.81. The summed E-state index contributed by atoms with van der Waals surface area (Å²) in [5.74, 6) is 0.954. The van der Waals surface area contributed by atoms with Crippen LogP contribution < -0.4 is 5.32 Å². The Bertz CT molecular complexity index is 855. The van der Waals surface area contributed by atoms with Crippen LogP contribution in [0.25, 0.3) is 11.5 Å². The molecular weight excluding hydrogens is 330 g/mol. The number of aryl methyl sites for hydroxylation is 1. The first kappa shape index (κ1) is 17.7. The van der Waals surface area contributed by atoms with Crippen molar-refractivity contribution in [3.8, 4) is 11.5 Å². The second kappa shape index (κ2) is 8.29. The van der Waals surface area contributed by atoms with E-state index in [4.69, 9.17) is 9.15 Å². The molecule has 0 aliphatic carbocycles. The predicted octanol–water partition coefficient (Wildman–Crippen LogP) is 3.88. The number of hydrogen-bond acceptors (Lipinski definition) is 6. The van der Waals surface area contributed by atoms with E-state index in [1.54, 1.807) is 25.3 Å². The molecule has 1 aromatic carbocycles. The molecule has 26 heavy (non-hydrogen) atoms. The van der Waals surface area contributed by atoms with Gasteiger partial charge in [-0.25, -0.2) is 14.8 Å². The van der Waals surface area contributed by atoms with Gasteiger partial charge >= 0.3 is 5.97 Å². The lowest BCUT2D eigenvalue weighted by Gasteiger charge is -2.05. The topological polar surface area (TPSA) is 77.2 Å². The fourth-order valence-electron chi connectivity index (χ4n) is 2.40. The van der Waals surface area contributed by atoms with Crippen LogP contribution in [0.2, 0.25) is 0 Å². The first-order valence-corrected chi connectivity index (χ1v) is 8.54. The van der Waals surface area contributed by atoms with Gasteiger partial charge < -0.3 is 14.5 Å². The van der Waals surface area contributed by atoms with Gasteiger partial charge in [0.15, 0.2) is 0 Å². The van der Waals surface area contributed by atoms with E-state index in [0.717, 1.165) is 11.3 Å². The van der Waals surface area contributed by atoms with Crippen molar-refractivity contribution < 1.29 is 13.9 Å². The molecule has 2 aromatic heterocycles. The first-order chi connectivity index (χ1) is 12.7. The van der Waals surface area contributed by atoms with E-state index >= 15 is 0 Å². The molecule has 0 radical (unpaired) electrons. The molecule has 0 saturated carbocycles. The fourth-order valence-corrected chi connectivity index (χ4v) is 2.40. The highest BCUT2D eigenvalue weighted by Gasteiger charge is 2.08.